The Hall–Kier alpha value is -2.80. The molecule has 0 spiro atoms. The molecule has 1 aliphatic carbocycles. The average Bonchev–Trinajstić information content (AvgIpc) is 3.22. The molecule has 2 aromatic carbocycles. The van der Waals surface area contributed by atoms with E-state index in [4.69, 9.17) is 9.15 Å². The van der Waals surface area contributed by atoms with Crippen molar-refractivity contribution < 1.29 is 18.7 Å². The van der Waals surface area contributed by atoms with Crippen LogP contribution in [-0.4, -0.2) is 67.3 Å². The number of Topliss-reactive ketones (excluding diaryl/α,β-unsaturated/α-hetero) is 2. The van der Waals surface area contributed by atoms with Crippen LogP contribution in [0.15, 0.2) is 34.7 Å². The number of aryl methyl sites for hydroxylation is 1. The van der Waals surface area contributed by atoms with Crippen LogP contribution in [0.2, 0.25) is 0 Å². The summed E-state index contributed by atoms with van der Waals surface area (Å²) >= 11 is 0. The van der Waals surface area contributed by atoms with Crippen LogP contribution in [-0.2, 0) is 17.7 Å². The lowest BCUT2D eigenvalue weighted by atomic mass is 9.82. The van der Waals surface area contributed by atoms with Gasteiger partial charge in [0.25, 0.3) is 0 Å². The first-order valence-corrected chi connectivity index (χ1v) is 11.9. The van der Waals surface area contributed by atoms with Crippen LogP contribution in [0.3, 0.4) is 0 Å². The van der Waals surface area contributed by atoms with Crippen LogP contribution in [0.4, 0.5) is 0 Å². The number of morpholine rings is 1. The van der Waals surface area contributed by atoms with Crippen LogP contribution in [0.5, 0.6) is 0 Å². The molecule has 1 fully saturated rings. The summed E-state index contributed by atoms with van der Waals surface area (Å²) in [5.41, 5.74) is 3.76. The first-order valence-electron chi connectivity index (χ1n) is 11.9. The Morgan fingerprint density at radius 2 is 1.67 bits per heavy atom. The minimum atomic E-state index is -0.419. The van der Waals surface area contributed by atoms with Crippen molar-refractivity contribution in [1.82, 2.24) is 9.80 Å². The van der Waals surface area contributed by atoms with E-state index in [0.29, 0.717) is 23.4 Å². The number of ketones is 2. The molecule has 3 aliphatic rings. The first kappa shape index (κ1) is 20.8. The number of benzene rings is 2. The van der Waals surface area contributed by atoms with Crippen LogP contribution in [0, 0.1) is 6.92 Å². The summed E-state index contributed by atoms with van der Waals surface area (Å²) in [6.45, 7) is 9.35. The van der Waals surface area contributed by atoms with Crippen LogP contribution >= 0.6 is 0 Å². The van der Waals surface area contributed by atoms with Gasteiger partial charge in [0.2, 0.25) is 11.6 Å². The number of hydrogen-bond donors (Lipinski definition) is 0. The first-order chi connectivity index (χ1) is 16.1. The van der Waals surface area contributed by atoms with Crippen molar-refractivity contribution in [2.75, 3.05) is 45.9 Å². The summed E-state index contributed by atoms with van der Waals surface area (Å²) in [4.78, 5) is 31.3. The van der Waals surface area contributed by atoms with Crippen molar-refractivity contribution >= 4 is 22.3 Å². The molecule has 1 aromatic heterocycles. The highest BCUT2D eigenvalue weighted by atomic mass is 16.5. The standard InChI is InChI=1S/C27H28N2O4/c1-17-4-2-5-19-18(17)6-7-21-23(19)25(30)26(31)24-20-8-11-29(16-22(20)33-27(21)24)10-3-9-28-12-14-32-15-13-28/h2,4-7H,3,8-16H2,1H3. The maximum Gasteiger partial charge on any atom is 0.237 e. The zero-order valence-corrected chi connectivity index (χ0v) is 19.0. The Kier molecular flexibility index (Phi) is 5.17. The highest BCUT2D eigenvalue weighted by Crippen LogP contribution is 2.43. The summed E-state index contributed by atoms with van der Waals surface area (Å²) in [5.74, 6) is 0.594. The van der Waals surface area contributed by atoms with Gasteiger partial charge in [0.05, 0.1) is 25.3 Å². The van der Waals surface area contributed by atoms with E-state index in [-0.39, 0.29) is 0 Å². The van der Waals surface area contributed by atoms with E-state index in [2.05, 4.69) is 9.80 Å². The number of hydrogen-bond acceptors (Lipinski definition) is 6. The van der Waals surface area contributed by atoms with Crippen molar-refractivity contribution in [2.24, 2.45) is 0 Å². The smallest absolute Gasteiger partial charge is 0.237 e. The van der Waals surface area contributed by atoms with Crippen LogP contribution in [0.1, 0.15) is 44.0 Å². The van der Waals surface area contributed by atoms with Gasteiger partial charge in [-0.3, -0.25) is 19.4 Å². The van der Waals surface area contributed by atoms with Gasteiger partial charge in [-0.25, -0.2) is 0 Å². The average molecular weight is 445 g/mol. The van der Waals surface area contributed by atoms with E-state index in [9.17, 15) is 9.59 Å². The number of furan rings is 1. The largest absolute Gasteiger partial charge is 0.459 e. The summed E-state index contributed by atoms with van der Waals surface area (Å²) in [7, 11) is 0. The van der Waals surface area contributed by atoms with Gasteiger partial charge in [-0.1, -0.05) is 24.3 Å². The van der Waals surface area contributed by atoms with Gasteiger partial charge in [0.15, 0.2) is 0 Å². The molecule has 0 N–H and O–H groups in total. The van der Waals surface area contributed by atoms with Crippen LogP contribution < -0.4 is 0 Å². The van der Waals surface area contributed by atoms with Gasteiger partial charge in [-0.2, -0.15) is 0 Å². The molecular formula is C27H28N2O4. The van der Waals surface area contributed by atoms with Crippen molar-refractivity contribution in [3.63, 3.8) is 0 Å². The Labute approximate surface area is 193 Å². The molecule has 33 heavy (non-hydrogen) atoms. The fourth-order valence-corrected chi connectivity index (χ4v) is 5.60. The Morgan fingerprint density at radius 3 is 2.52 bits per heavy atom. The molecule has 6 rings (SSSR count). The van der Waals surface area contributed by atoms with Crippen molar-refractivity contribution in [2.45, 2.75) is 26.3 Å². The van der Waals surface area contributed by atoms with Gasteiger partial charge < -0.3 is 9.15 Å². The second-order valence-electron chi connectivity index (χ2n) is 9.36. The number of rotatable bonds is 4. The topological polar surface area (TPSA) is 63.0 Å². The SMILES string of the molecule is Cc1cccc2c3c(ccc12)-c1oc2c(c1C(=O)C3=O)CCN(CCCN1CCOCC1)C2. The lowest BCUT2D eigenvalue weighted by molar-refractivity contribution is 0.0358. The van der Waals surface area contributed by atoms with E-state index in [1.165, 1.54) is 0 Å². The minimum Gasteiger partial charge on any atom is -0.459 e. The molecule has 2 aliphatic heterocycles. The fourth-order valence-electron chi connectivity index (χ4n) is 5.60. The van der Waals surface area contributed by atoms with E-state index in [1.807, 2.05) is 37.3 Å². The monoisotopic (exact) mass is 444 g/mol. The molecular weight excluding hydrogens is 416 g/mol. The minimum absolute atomic E-state index is 0.412. The Morgan fingerprint density at radius 1 is 0.879 bits per heavy atom. The summed E-state index contributed by atoms with van der Waals surface area (Å²) in [5, 5.41) is 1.83. The number of fused-ring (bicyclic) bond motifs is 7. The maximum atomic E-state index is 13.2. The van der Waals surface area contributed by atoms with Crippen molar-refractivity contribution in [1.29, 1.82) is 0 Å². The van der Waals surface area contributed by atoms with Crippen molar-refractivity contribution in [3.8, 4) is 11.3 Å². The molecule has 6 heteroatoms. The fraction of sp³-hybridized carbons (Fsp3) is 0.407. The van der Waals surface area contributed by atoms with Gasteiger partial charge in [-0.05, 0) is 55.3 Å². The maximum absolute atomic E-state index is 13.2. The molecule has 3 aromatic rings. The molecule has 0 amide bonds. The summed E-state index contributed by atoms with van der Waals surface area (Å²) in [6, 6.07) is 9.87. The third-order valence-corrected chi connectivity index (χ3v) is 7.37. The second-order valence-corrected chi connectivity index (χ2v) is 9.36. The summed E-state index contributed by atoms with van der Waals surface area (Å²) < 4.78 is 11.8. The highest BCUT2D eigenvalue weighted by molar-refractivity contribution is 6.54. The molecule has 0 radical (unpaired) electrons. The molecule has 0 bridgehead atoms. The van der Waals surface area contributed by atoms with E-state index >= 15 is 0 Å². The third-order valence-electron chi connectivity index (χ3n) is 7.37. The Balaban J connectivity index is 1.29. The zero-order valence-electron chi connectivity index (χ0n) is 19.0. The highest BCUT2D eigenvalue weighted by Gasteiger charge is 2.39. The molecule has 6 nitrogen and oxygen atoms in total. The normalized spacial score (nSPS) is 18.9. The Bertz CT molecular complexity index is 1270. The van der Waals surface area contributed by atoms with Gasteiger partial charge >= 0.3 is 0 Å². The van der Waals surface area contributed by atoms with Gasteiger partial charge in [0, 0.05) is 36.3 Å². The lowest BCUT2D eigenvalue weighted by Gasteiger charge is -2.29. The van der Waals surface area contributed by atoms with E-state index in [1.54, 1.807) is 0 Å². The molecule has 3 heterocycles. The molecule has 0 unspecified atom stereocenters. The molecule has 170 valence electrons. The predicted molar refractivity (Wildman–Crippen MR) is 126 cm³/mol. The van der Waals surface area contributed by atoms with E-state index < -0.39 is 11.6 Å². The molecule has 0 saturated carbocycles. The second kappa shape index (κ2) is 8.20. The molecule has 0 atom stereocenters. The summed E-state index contributed by atoms with van der Waals surface area (Å²) in [6.07, 6.45) is 1.84. The zero-order chi connectivity index (χ0) is 22.5. The number of carbonyl (C=O) groups is 2. The number of nitrogens with zero attached hydrogens (tertiary/aromatic N) is 2. The number of carbonyl (C=O) groups excluding carboxylic acids is 2. The van der Waals surface area contributed by atoms with Gasteiger partial charge in [0.1, 0.15) is 11.5 Å². The third kappa shape index (κ3) is 3.44. The molecule has 1 saturated heterocycles. The van der Waals surface area contributed by atoms with Crippen LogP contribution in [0.25, 0.3) is 22.1 Å². The van der Waals surface area contributed by atoms with E-state index in [0.717, 1.165) is 92.0 Å². The lowest BCUT2D eigenvalue weighted by Crippen LogP contribution is -2.38. The number of ether oxygens (including phenoxy) is 1. The quantitative estimate of drug-likeness (QED) is 0.570. The van der Waals surface area contributed by atoms with Crippen molar-refractivity contribution in [3.05, 3.63) is 58.3 Å². The predicted octanol–water partition coefficient (Wildman–Crippen LogP) is 3.87. The van der Waals surface area contributed by atoms with Gasteiger partial charge in [-0.15, -0.1) is 0 Å².